The molecule has 4 rings (SSSR count). The number of carbonyl (C=O) groups is 3. The van der Waals surface area contributed by atoms with Crippen LogP contribution in [0.5, 0.6) is 0 Å². The van der Waals surface area contributed by atoms with Gasteiger partial charge in [-0.05, 0) is 60.9 Å². The number of nitrogens with zero attached hydrogens (tertiary/aromatic N) is 1. The van der Waals surface area contributed by atoms with E-state index in [-0.39, 0.29) is 25.4 Å². The van der Waals surface area contributed by atoms with E-state index < -0.39 is 35.9 Å². The summed E-state index contributed by atoms with van der Waals surface area (Å²) in [7, 11) is 2.52. The van der Waals surface area contributed by atoms with Crippen molar-refractivity contribution in [1.82, 2.24) is 9.88 Å². The maximum absolute atomic E-state index is 14.2. The van der Waals surface area contributed by atoms with Gasteiger partial charge in [-0.15, -0.1) is 0 Å². The van der Waals surface area contributed by atoms with Gasteiger partial charge in [-0.1, -0.05) is 60.7 Å². The van der Waals surface area contributed by atoms with E-state index in [1.54, 1.807) is 42.5 Å². The molecule has 0 aliphatic carbocycles. The van der Waals surface area contributed by atoms with E-state index in [0.717, 1.165) is 5.56 Å². The summed E-state index contributed by atoms with van der Waals surface area (Å²) in [6, 6.07) is 21.8. The third-order valence-electron chi connectivity index (χ3n) is 7.59. The monoisotopic (exact) mass is 642 g/mol. The van der Waals surface area contributed by atoms with Gasteiger partial charge in [-0.2, -0.15) is 0 Å². The highest BCUT2D eigenvalue weighted by atomic mass is 19.1. The molecule has 1 aromatic heterocycles. The SMILES string of the molecule is COC(=O)C[C@H](O)C[C@H](O)/C=C/c1c(-c2ccc(F)cc2)c(-c2ccccc2)c(C(=O)NCc2cccc(C(=O)OC)c2)n1C(C)C. The molecular weight excluding hydrogens is 603 g/mol. The summed E-state index contributed by atoms with van der Waals surface area (Å²) < 4.78 is 25.4. The van der Waals surface area contributed by atoms with Gasteiger partial charge in [0.2, 0.25) is 0 Å². The first kappa shape index (κ1) is 34.8. The number of rotatable bonds is 13. The Kier molecular flexibility index (Phi) is 11.8. The average Bonchev–Trinajstić information content (AvgIpc) is 3.42. The lowest BCUT2D eigenvalue weighted by Crippen LogP contribution is -2.27. The van der Waals surface area contributed by atoms with Crippen molar-refractivity contribution in [3.05, 3.63) is 113 Å². The number of aliphatic hydroxyl groups excluding tert-OH is 2. The minimum Gasteiger partial charge on any atom is -0.469 e. The third-order valence-corrected chi connectivity index (χ3v) is 7.59. The lowest BCUT2D eigenvalue weighted by Gasteiger charge is -2.17. The molecule has 1 heterocycles. The molecule has 3 aromatic carbocycles. The van der Waals surface area contributed by atoms with E-state index in [0.29, 0.717) is 39.2 Å². The molecule has 47 heavy (non-hydrogen) atoms. The van der Waals surface area contributed by atoms with Crippen LogP contribution in [0.1, 0.15) is 64.8 Å². The topological polar surface area (TPSA) is 127 Å². The molecule has 0 fully saturated rings. The number of aliphatic hydroxyl groups is 2. The number of hydrogen-bond donors (Lipinski definition) is 3. The van der Waals surface area contributed by atoms with E-state index in [2.05, 4.69) is 10.1 Å². The summed E-state index contributed by atoms with van der Waals surface area (Å²) >= 11 is 0. The van der Waals surface area contributed by atoms with Crippen molar-refractivity contribution in [1.29, 1.82) is 0 Å². The second-order valence-electron chi connectivity index (χ2n) is 11.3. The van der Waals surface area contributed by atoms with Crippen molar-refractivity contribution in [3.8, 4) is 22.3 Å². The Morgan fingerprint density at radius 3 is 2.21 bits per heavy atom. The number of ether oxygens (including phenoxy) is 2. The number of esters is 2. The highest BCUT2D eigenvalue weighted by Crippen LogP contribution is 2.42. The van der Waals surface area contributed by atoms with Crippen LogP contribution in [-0.4, -0.2) is 59.1 Å². The van der Waals surface area contributed by atoms with Gasteiger partial charge < -0.3 is 29.6 Å². The summed E-state index contributed by atoms with van der Waals surface area (Å²) in [6.45, 7) is 3.97. The molecule has 0 aliphatic heterocycles. The molecule has 10 heteroatoms. The Bertz CT molecular complexity index is 1730. The molecule has 4 aromatic rings. The average molecular weight is 643 g/mol. The Balaban J connectivity index is 1.86. The molecular formula is C37H39FN2O7. The van der Waals surface area contributed by atoms with E-state index in [1.165, 1.54) is 32.4 Å². The lowest BCUT2D eigenvalue weighted by atomic mass is 9.94. The molecule has 0 saturated heterocycles. The van der Waals surface area contributed by atoms with Gasteiger partial charge in [0.05, 0.1) is 38.4 Å². The molecule has 246 valence electrons. The zero-order valence-electron chi connectivity index (χ0n) is 26.8. The number of nitrogens with one attached hydrogen (secondary N) is 1. The lowest BCUT2D eigenvalue weighted by molar-refractivity contribution is -0.143. The fourth-order valence-corrected chi connectivity index (χ4v) is 5.44. The molecule has 1 amide bonds. The molecule has 3 N–H and O–H groups in total. The molecule has 0 unspecified atom stereocenters. The predicted octanol–water partition coefficient (Wildman–Crippen LogP) is 5.95. The van der Waals surface area contributed by atoms with Crippen molar-refractivity contribution in [2.45, 2.75) is 51.5 Å². The van der Waals surface area contributed by atoms with Gasteiger partial charge in [0.15, 0.2) is 0 Å². The molecule has 9 nitrogen and oxygen atoms in total. The normalized spacial score (nSPS) is 12.6. The highest BCUT2D eigenvalue weighted by molar-refractivity contribution is 6.06. The number of benzene rings is 3. The molecule has 0 spiro atoms. The largest absolute Gasteiger partial charge is 0.469 e. The van der Waals surface area contributed by atoms with Crippen LogP contribution in [0.25, 0.3) is 28.3 Å². The van der Waals surface area contributed by atoms with Gasteiger partial charge in [0.1, 0.15) is 11.5 Å². The summed E-state index contributed by atoms with van der Waals surface area (Å²) in [5.74, 6) is -1.89. The first-order valence-corrected chi connectivity index (χ1v) is 15.2. The van der Waals surface area contributed by atoms with Gasteiger partial charge in [0, 0.05) is 35.8 Å². The number of amides is 1. The molecule has 0 saturated carbocycles. The number of aromatic nitrogens is 1. The van der Waals surface area contributed by atoms with Crippen LogP contribution in [-0.2, 0) is 20.8 Å². The zero-order valence-corrected chi connectivity index (χ0v) is 26.8. The van der Waals surface area contributed by atoms with Crippen LogP contribution in [0, 0.1) is 5.82 Å². The van der Waals surface area contributed by atoms with E-state index in [1.807, 2.05) is 48.7 Å². The molecule has 2 atom stereocenters. The third kappa shape index (κ3) is 8.60. The number of hydrogen-bond acceptors (Lipinski definition) is 7. The summed E-state index contributed by atoms with van der Waals surface area (Å²) in [5.41, 5.74) is 4.60. The second-order valence-corrected chi connectivity index (χ2v) is 11.3. The summed E-state index contributed by atoms with van der Waals surface area (Å²) in [4.78, 5) is 37.9. The Labute approximate surface area is 273 Å². The van der Waals surface area contributed by atoms with Crippen LogP contribution in [0.15, 0.2) is 84.9 Å². The summed E-state index contributed by atoms with van der Waals surface area (Å²) in [6.07, 6.45) is 0.521. The van der Waals surface area contributed by atoms with Gasteiger partial charge in [0.25, 0.3) is 5.91 Å². The molecule has 0 bridgehead atoms. The van der Waals surface area contributed by atoms with Crippen molar-refractivity contribution >= 4 is 23.9 Å². The van der Waals surface area contributed by atoms with Gasteiger partial charge in [-0.3, -0.25) is 9.59 Å². The molecule has 0 radical (unpaired) electrons. The maximum Gasteiger partial charge on any atom is 0.337 e. The quantitative estimate of drug-likeness (QED) is 0.154. The maximum atomic E-state index is 14.2. The molecule has 0 aliphatic rings. The smallest absolute Gasteiger partial charge is 0.337 e. The Morgan fingerprint density at radius 2 is 1.57 bits per heavy atom. The van der Waals surface area contributed by atoms with Crippen LogP contribution in [0.2, 0.25) is 0 Å². The highest BCUT2D eigenvalue weighted by Gasteiger charge is 2.29. The number of methoxy groups -OCH3 is 2. The number of carbonyl (C=O) groups excluding carboxylic acids is 3. The minimum absolute atomic E-state index is 0.120. The van der Waals surface area contributed by atoms with Crippen molar-refractivity contribution in [2.75, 3.05) is 14.2 Å². The fraction of sp³-hybridized carbons (Fsp3) is 0.270. The van der Waals surface area contributed by atoms with E-state index in [9.17, 15) is 29.0 Å². The minimum atomic E-state index is -1.13. The van der Waals surface area contributed by atoms with E-state index in [4.69, 9.17) is 4.74 Å². The first-order chi connectivity index (χ1) is 22.5. The van der Waals surface area contributed by atoms with Crippen molar-refractivity contribution in [2.24, 2.45) is 0 Å². The standard InChI is InChI=1S/C37H39FN2O7/c1-23(2)40-31(18-17-29(41)20-30(42)21-32(43)46-3)33(26-13-15-28(38)16-14-26)34(25-10-6-5-7-11-25)35(40)36(44)39-22-24-9-8-12-27(19-24)37(45)47-4/h5-19,23,29-30,41-42H,20-22H2,1-4H3,(H,39,44)/b18-17+/t29-,30-/m1/s1. The van der Waals surface area contributed by atoms with Gasteiger partial charge >= 0.3 is 11.9 Å². The van der Waals surface area contributed by atoms with Crippen molar-refractivity contribution < 1.29 is 38.5 Å². The predicted molar refractivity (Wildman–Crippen MR) is 177 cm³/mol. The summed E-state index contributed by atoms with van der Waals surface area (Å²) in [5, 5.41) is 24.1. The van der Waals surface area contributed by atoms with Crippen LogP contribution in [0.3, 0.4) is 0 Å². The number of halogens is 1. The van der Waals surface area contributed by atoms with Crippen LogP contribution < -0.4 is 5.32 Å². The fourth-order valence-electron chi connectivity index (χ4n) is 5.44. The first-order valence-electron chi connectivity index (χ1n) is 15.2. The van der Waals surface area contributed by atoms with E-state index >= 15 is 0 Å². The zero-order chi connectivity index (χ0) is 34.1. The second kappa shape index (κ2) is 16.0. The van der Waals surface area contributed by atoms with Crippen molar-refractivity contribution in [3.63, 3.8) is 0 Å². The van der Waals surface area contributed by atoms with Gasteiger partial charge in [-0.25, -0.2) is 9.18 Å². The van der Waals surface area contributed by atoms with Crippen LogP contribution in [0.4, 0.5) is 4.39 Å². The van der Waals surface area contributed by atoms with Crippen LogP contribution >= 0.6 is 0 Å². The Hall–Kier alpha value is -5.06. The Morgan fingerprint density at radius 1 is 0.894 bits per heavy atom.